The van der Waals surface area contributed by atoms with Crippen molar-refractivity contribution >= 4 is 11.6 Å². The van der Waals surface area contributed by atoms with Crippen LogP contribution in [0.1, 0.15) is 0 Å². The van der Waals surface area contributed by atoms with E-state index in [0.717, 1.165) is 31.2 Å². The van der Waals surface area contributed by atoms with E-state index in [4.69, 9.17) is 4.74 Å². The van der Waals surface area contributed by atoms with Crippen LogP contribution in [0.2, 0.25) is 0 Å². The number of amides is 1. The summed E-state index contributed by atoms with van der Waals surface area (Å²) in [6.45, 7) is 4.05. The second-order valence-electron chi connectivity index (χ2n) is 5.94. The van der Waals surface area contributed by atoms with Crippen LogP contribution in [0.5, 0.6) is 5.75 Å². The molecule has 1 aromatic rings. The smallest absolute Gasteiger partial charge is 0.305 e. The van der Waals surface area contributed by atoms with Gasteiger partial charge in [0.15, 0.2) is 6.54 Å². The third kappa shape index (κ3) is 4.58. The molecule has 1 saturated heterocycles. The molecule has 0 saturated carbocycles. The lowest BCUT2D eigenvalue weighted by Crippen LogP contribution is -3.00. The van der Waals surface area contributed by atoms with Crippen LogP contribution in [0.4, 0.5) is 5.69 Å². The number of nitrogens with zero attached hydrogens (tertiary/aromatic N) is 3. The first-order valence-corrected chi connectivity index (χ1v) is 7.11. The van der Waals surface area contributed by atoms with E-state index in [0.29, 0.717) is 22.5 Å². The van der Waals surface area contributed by atoms with Crippen molar-refractivity contribution < 1.29 is 31.6 Å². The molecule has 124 valence electrons. The van der Waals surface area contributed by atoms with Crippen LogP contribution in [0.15, 0.2) is 24.3 Å². The Balaban J connectivity index is 0.00000242. The van der Waals surface area contributed by atoms with Gasteiger partial charge in [-0.3, -0.25) is 14.9 Å². The van der Waals surface area contributed by atoms with Crippen LogP contribution < -0.4 is 22.2 Å². The summed E-state index contributed by atoms with van der Waals surface area (Å²) in [5.41, 5.74) is 0.431. The Labute approximate surface area is 137 Å². The predicted octanol–water partition coefficient (Wildman–Crippen LogP) is -2.19. The summed E-state index contributed by atoms with van der Waals surface area (Å²) in [5.74, 6) is 0.314. The van der Waals surface area contributed by atoms with Gasteiger partial charge >= 0.3 is 5.91 Å². The average Bonchev–Trinajstić information content (AvgIpc) is 2.49. The molecule has 0 unspecified atom stereocenters. The quantitative estimate of drug-likeness (QED) is 0.387. The standard InChI is InChI=1S/C15H24N3O3.ClH/c1-16-7-9-18(2,10-8-16)12-15(19)17(20)13-5-4-6-14(11-13)21-3;/h4-6,11,20H,7-10,12H2,1-3H3;1H/q+1;/p-1. The Morgan fingerprint density at radius 1 is 1.41 bits per heavy atom. The third-order valence-electron chi connectivity index (χ3n) is 4.09. The molecule has 1 N–H and O–H groups in total. The van der Waals surface area contributed by atoms with E-state index < -0.39 is 0 Å². The zero-order valence-corrected chi connectivity index (χ0v) is 14.1. The van der Waals surface area contributed by atoms with E-state index in [-0.39, 0.29) is 18.3 Å². The monoisotopic (exact) mass is 329 g/mol. The summed E-state index contributed by atoms with van der Waals surface area (Å²) in [6, 6.07) is 6.85. The van der Waals surface area contributed by atoms with Gasteiger partial charge in [-0.1, -0.05) is 6.07 Å². The maximum absolute atomic E-state index is 12.3. The molecule has 0 atom stereocenters. The van der Waals surface area contributed by atoms with Crippen LogP contribution in [0.25, 0.3) is 0 Å². The molecular formula is C15H24ClN3O3. The number of piperazine rings is 1. The van der Waals surface area contributed by atoms with Gasteiger partial charge in [0.2, 0.25) is 0 Å². The summed E-state index contributed by atoms with van der Waals surface area (Å²) in [6.07, 6.45) is 0. The molecule has 0 aromatic heterocycles. The number of quaternary nitrogens is 1. The molecule has 1 fully saturated rings. The molecule has 0 spiro atoms. The molecule has 0 bridgehead atoms. The van der Waals surface area contributed by atoms with Crippen molar-refractivity contribution in [1.82, 2.24) is 4.90 Å². The molecule has 1 amide bonds. The lowest BCUT2D eigenvalue weighted by atomic mass is 10.2. The minimum atomic E-state index is -0.296. The van der Waals surface area contributed by atoms with Crippen molar-refractivity contribution in [3.63, 3.8) is 0 Å². The molecular weight excluding hydrogens is 306 g/mol. The number of rotatable bonds is 4. The summed E-state index contributed by atoms with van der Waals surface area (Å²) in [5, 5.41) is 10.8. The van der Waals surface area contributed by atoms with Crippen molar-refractivity contribution in [1.29, 1.82) is 0 Å². The first-order valence-electron chi connectivity index (χ1n) is 7.11. The number of carbonyl (C=O) groups is 1. The van der Waals surface area contributed by atoms with Gasteiger partial charge in [-0.15, -0.1) is 0 Å². The van der Waals surface area contributed by atoms with E-state index >= 15 is 0 Å². The molecule has 7 heteroatoms. The largest absolute Gasteiger partial charge is 1.00 e. The number of benzene rings is 1. The number of halogens is 1. The highest BCUT2D eigenvalue weighted by atomic mass is 35.5. The Bertz CT molecular complexity index is 505. The van der Waals surface area contributed by atoms with Gasteiger partial charge in [0.1, 0.15) is 5.75 Å². The summed E-state index contributed by atoms with van der Waals surface area (Å²) in [7, 11) is 5.70. The van der Waals surface area contributed by atoms with Gasteiger partial charge in [0.05, 0.1) is 32.9 Å². The predicted molar refractivity (Wildman–Crippen MR) is 80.5 cm³/mol. The fourth-order valence-electron chi connectivity index (χ4n) is 2.49. The molecule has 2 rings (SSSR count). The van der Waals surface area contributed by atoms with Crippen LogP contribution >= 0.6 is 0 Å². The highest BCUT2D eigenvalue weighted by Gasteiger charge is 2.31. The summed E-state index contributed by atoms with van der Waals surface area (Å²) >= 11 is 0. The van der Waals surface area contributed by atoms with Crippen molar-refractivity contribution in [2.75, 3.05) is 59.0 Å². The van der Waals surface area contributed by atoms with Crippen molar-refractivity contribution in [3.8, 4) is 5.75 Å². The number of ether oxygens (including phenoxy) is 1. The van der Waals surface area contributed by atoms with E-state index in [1.807, 2.05) is 0 Å². The van der Waals surface area contributed by atoms with Crippen LogP contribution in [-0.2, 0) is 4.79 Å². The molecule has 22 heavy (non-hydrogen) atoms. The fraction of sp³-hybridized carbons (Fsp3) is 0.533. The van der Waals surface area contributed by atoms with E-state index in [2.05, 4.69) is 19.0 Å². The number of anilines is 1. The third-order valence-corrected chi connectivity index (χ3v) is 4.09. The normalized spacial score (nSPS) is 17.5. The van der Waals surface area contributed by atoms with Gasteiger partial charge < -0.3 is 21.6 Å². The maximum Gasteiger partial charge on any atom is 0.305 e. The molecule has 1 aromatic carbocycles. The summed E-state index contributed by atoms with van der Waals surface area (Å²) in [4.78, 5) is 14.6. The Morgan fingerprint density at radius 3 is 2.64 bits per heavy atom. The van der Waals surface area contributed by atoms with Crippen molar-refractivity contribution in [3.05, 3.63) is 24.3 Å². The van der Waals surface area contributed by atoms with Gasteiger partial charge in [0.25, 0.3) is 0 Å². The zero-order chi connectivity index (χ0) is 15.5. The van der Waals surface area contributed by atoms with E-state index in [1.54, 1.807) is 31.4 Å². The van der Waals surface area contributed by atoms with E-state index in [9.17, 15) is 10.0 Å². The highest BCUT2D eigenvalue weighted by Crippen LogP contribution is 2.20. The van der Waals surface area contributed by atoms with Gasteiger partial charge in [-0.2, -0.15) is 5.06 Å². The average molecular weight is 330 g/mol. The minimum absolute atomic E-state index is 0. The van der Waals surface area contributed by atoms with Crippen LogP contribution in [0, 0.1) is 0 Å². The molecule has 1 aliphatic rings. The minimum Gasteiger partial charge on any atom is -1.00 e. The number of methoxy groups -OCH3 is 1. The number of hydrogen-bond donors (Lipinski definition) is 1. The summed E-state index contributed by atoms with van der Waals surface area (Å²) < 4.78 is 5.76. The number of likely N-dealkylation sites (N-methyl/N-ethyl adjacent to an activating group) is 2. The molecule has 0 radical (unpaired) electrons. The van der Waals surface area contributed by atoms with Crippen LogP contribution in [0.3, 0.4) is 0 Å². The zero-order valence-electron chi connectivity index (χ0n) is 13.3. The lowest BCUT2D eigenvalue weighted by molar-refractivity contribution is -0.906. The Kier molecular flexibility index (Phi) is 6.62. The lowest BCUT2D eigenvalue weighted by Gasteiger charge is -2.40. The van der Waals surface area contributed by atoms with Gasteiger partial charge in [0, 0.05) is 19.2 Å². The topological polar surface area (TPSA) is 53.0 Å². The van der Waals surface area contributed by atoms with Crippen molar-refractivity contribution in [2.45, 2.75) is 0 Å². The molecule has 1 aliphatic heterocycles. The highest BCUT2D eigenvalue weighted by molar-refractivity contribution is 5.92. The second-order valence-corrected chi connectivity index (χ2v) is 5.94. The van der Waals surface area contributed by atoms with Gasteiger partial charge in [-0.05, 0) is 19.2 Å². The second kappa shape index (κ2) is 7.78. The molecule has 6 nitrogen and oxygen atoms in total. The SMILES string of the molecule is COc1cccc(N(O)C(=O)C[N+]2(C)CCN(C)CC2)c1.[Cl-]. The van der Waals surface area contributed by atoms with Crippen LogP contribution in [-0.4, -0.2) is 74.4 Å². The number of hydroxylamine groups is 1. The van der Waals surface area contributed by atoms with Gasteiger partial charge in [-0.25, -0.2) is 0 Å². The fourth-order valence-corrected chi connectivity index (χ4v) is 2.49. The number of carbonyl (C=O) groups excluding carboxylic acids is 1. The Hall–Kier alpha value is -1.34. The van der Waals surface area contributed by atoms with E-state index in [1.165, 1.54) is 0 Å². The molecule has 0 aliphatic carbocycles. The number of hydrogen-bond acceptors (Lipinski definition) is 4. The maximum atomic E-state index is 12.3. The Morgan fingerprint density at radius 2 is 2.05 bits per heavy atom. The molecule has 1 heterocycles. The van der Waals surface area contributed by atoms with Crippen molar-refractivity contribution in [2.24, 2.45) is 0 Å². The first kappa shape index (κ1) is 18.7. The first-order chi connectivity index (χ1) is 9.93.